The van der Waals surface area contributed by atoms with Crippen molar-refractivity contribution in [3.8, 4) is 0 Å². The molecule has 0 radical (unpaired) electrons. The van der Waals surface area contributed by atoms with Crippen molar-refractivity contribution in [3.05, 3.63) is 53.0 Å². The molecule has 1 aliphatic rings. The second-order valence-corrected chi connectivity index (χ2v) is 8.05. The normalized spacial score (nSPS) is 16.6. The van der Waals surface area contributed by atoms with Gasteiger partial charge in [0.25, 0.3) is 0 Å². The lowest BCUT2D eigenvalue weighted by Crippen LogP contribution is -2.45. The van der Waals surface area contributed by atoms with E-state index in [1.54, 1.807) is 0 Å². The van der Waals surface area contributed by atoms with E-state index in [1.165, 1.54) is 16.8 Å². The molecule has 0 unspecified atom stereocenters. The minimum atomic E-state index is 0.0836. The van der Waals surface area contributed by atoms with Crippen molar-refractivity contribution in [2.75, 3.05) is 31.1 Å². The molecule has 1 aromatic carbocycles. The van der Waals surface area contributed by atoms with Crippen LogP contribution in [0.5, 0.6) is 0 Å². The summed E-state index contributed by atoms with van der Waals surface area (Å²) in [6.07, 6.45) is 0. The Kier molecular flexibility index (Phi) is 4.73. The maximum atomic E-state index is 6.04. The van der Waals surface area contributed by atoms with Crippen LogP contribution in [0.3, 0.4) is 0 Å². The molecular weight excluding hydrogens is 296 g/mol. The van der Waals surface area contributed by atoms with Crippen LogP contribution in [0, 0.1) is 13.8 Å². The molecule has 2 heterocycles. The summed E-state index contributed by atoms with van der Waals surface area (Å²) in [7, 11) is 0. The molecule has 3 heteroatoms. The van der Waals surface area contributed by atoms with Crippen molar-refractivity contribution >= 4 is 5.69 Å². The molecular formula is C21H30N2O. The van der Waals surface area contributed by atoms with Crippen molar-refractivity contribution in [3.63, 3.8) is 0 Å². The lowest BCUT2D eigenvalue weighted by molar-refractivity contribution is 0.225. The predicted octanol–water partition coefficient (Wildman–Crippen LogP) is 4.52. The summed E-state index contributed by atoms with van der Waals surface area (Å²) in [5.41, 5.74) is 4.18. The number of piperazine rings is 1. The van der Waals surface area contributed by atoms with Gasteiger partial charge in [-0.1, -0.05) is 26.8 Å². The standard InChI is InChI=1S/C21H30N2O/c1-16-6-7-18(14-17(16)2)23-12-10-22(11-13-23)15-19-8-9-20(24-19)21(3,4)5/h6-9,14H,10-13,15H2,1-5H3. The first kappa shape index (κ1) is 17.1. The van der Waals surface area contributed by atoms with Crippen LogP contribution in [-0.2, 0) is 12.0 Å². The van der Waals surface area contributed by atoms with Gasteiger partial charge in [0.2, 0.25) is 0 Å². The summed E-state index contributed by atoms with van der Waals surface area (Å²) in [4.78, 5) is 4.98. The highest BCUT2D eigenvalue weighted by Gasteiger charge is 2.21. The van der Waals surface area contributed by atoms with E-state index >= 15 is 0 Å². The lowest BCUT2D eigenvalue weighted by atomic mass is 9.94. The highest BCUT2D eigenvalue weighted by atomic mass is 16.3. The lowest BCUT2D eigenvalue weighted by Gasteiger charge is -2.36. The summed E-state index contributed by atoms with van der Waals surface area (Å²) in [5, 5.41) is 0. The largest absolute Gasteiger partial charge is 0.464 e. The van der Waals surface area contributed by atoms with Gasteiger partial charge in [0.15, 0.2) is 0 Å². The van der Waals surface area contributed by atoms with Gasteiger partial charge in [-0.05, 0) is 49.2 Å². The highest BCUT2D eigenvalue weighted by molar-refractivity contribution is 5.51. The van der Waals surface area contributed by atoms with Crippen molar-refractivity contribution in [2.45, 2.75) is 46.6 Å². The minimum Gasteiger partial charge on any atom is -0.464 e. The number of benzene rings is 1. The first-order chi connectivity index (χ1) is 11.3. The monoisotopic (exact) mass is 326 g/mol. The van der Waals surface area contributed by atoms with Crippen molar-refractivity contribution in [2.24, 2.45) is 0 Å². The van der Waals surface area contributed by atoms with E-state index in [2.05, 4.69) is 74.8 Å². The fourth-order valence-corrected chi connectivity index (χ4v) is 3.17. The summed E-state index contributed by atoms with van der Waals surface area (Å²) >= 11 is 0. The van der Waals surface area contributed by atoms with Gasteiger partial charge < -0.3 is 9.32 Å². The number of rotatable bonds is 3. The van der Waals surface area contributed by atoms with E-state index in [-0.39, 0.29) is 5.41 Å². The molecule has 1 aromatic heterocycles. The van der Waals surface area contributed by atoms with Crippen LogP contribution in [0.4, 0.5) is 5.69 Å². The van der Waals surface area contributed by atoms with Gasteiger partial charge in [-0.25, -0.2) is 0 Å². The minimum absolute atomic E-state index is 0.0836. The Bertz CT molecular complexity index is 688. The average molecular weight is 326 g/mol. The maximum absolute atomic E-state index is 6.04. The van der Waals surface area contributed by atoms with Gasteiger partial charge in [-0.15, -0.1) is 0 Å². The van der Waals surface area contributed by atoms with E-state index in [9.17, 15) is 0 Å². The molecule has 1 aliphatic heterocycles. The fourth-order valence-electron chi connectivity index (χ4n) is 3.17. The molecule has 130 valence electrons. The summed E-state index contributed by atoms with van der Waals surface area (Å²) in [6.45, 7) is 16.2. The Morgan fingerprint density at radius 1 is 0.917 bits per heavy atom. The van der Waals surface area contributed by atoms with Gasteiger partial charge in [0.1, 0.15) is 11.5 Å². The Balaban J connectivity index is 1.57. The number of furan rings is 1. The van der Waals surface area contributed by atoms with Gasteiger partial charge in [-0.3, -0.25) is 4.90 Å². The number of aryl methyl sites for hydroxylation is 2. The number of anilines is 1. The molecule has 1 fully saturated rings. The molecule has 0 spiro atoms. The molecule has 3 nitrogen and oxygen atoms in total. The van der Waals surface area contributed by atoms with Crippen LogP contribution in [0.15, 0.2) is 34.7 Å². The van der Waals surface area contributed by atoms with Crippen LogP contribution in [0.2, 0.25) is 0 Å². The van der Waals surface area contributed by atoms with E-state index in [0.717, 1.165) is 44.2 Å². The molecule has 0 amide bonds. The van der Waals surface area contributed by atoms with Gasteiger partial charge in [-0.2, -0.15) is 0 Å². The molecule has 0 aliphatic carbocycles. The molecule has 0 N–H and O–H groups in total. The Hall–Kier alpha value is -1.74. The summed E-state index contributed by atoms with van der Waals surface area (Å²) in [6, 6.07) is 11.1. The zero-order valence-corrected chi connectivity index (χ0v) is 15.7. The van der Waals surface area contributed by atoms with Crippen molar-refractivity contribution < 1.29 is 4.42 Å². The van der Waals surface area contributed by atoms with Crippen molar-refractivity contribution in [1.82, 2.24) is 4.90 Å². The van der Waals surface area contributed by atoms with Gasteiger partial charge in [0.05, 0.1) is 6.54 Å². The second kappa shape index (κ2) is 6.64. The van der Waals surface area contributed by atoms with Gasteiger partial charge in [0, 0.05) is 37.3 Å². The van der Waals surface area contributed by atoms with Crippen molar-refractivity contribution in [1.29, 1.82) is 0 Å². The van der Waals surface area contributed by atoms with Crippen LogP contribution in [-0.4, -0.2) is 31.1 Å². The predicted molar refractivity (Wildman–Crippen MR) is 101 cm³/mol. The number of nitrogens with zero attached hydrogens (tertiary/aromatic N) is 2. The number of hydrogen-bond donors (Lipinski definition) is 0. The summed E-state index contributed by atoms with van der Waals surface area (Å²) < 4.78 is 6.04. The van der Waals surface area contributed by atoms with E-state index in [4.69, 9.17) is 4.42 Å². The van der Waals surface area contributed by atoms with E-state index in [0.29, 0.717) is 0 Å². The highest BCUT2D eigenvalue weighted by Crippen LogP contribution is 2.25. The third kappa shape index (κ3) is 3.84. The second-order valence-electron chi connectivity index (χ2n) is 8.05. The molecule has 3 rings (SSSR count). The topological polar surface area (TPSA) is 19.6 Å². The smallest absolute Gasteiger partial charge is 0.118 e. The first-order valence-corrected chi connectivity index (χ1v) is 8.97. The Morgan fingerprint density at radius 3 is 2.21 bits per heavy atom. The van der Waals surface area contributed by atoms with Crippen LogP contribution in [0.1, 0.15) is 43.4 Å². The SMILES string of the molecule is Cc1ccc(N2CCN(Cc3ccc(C(C)(C)C)o3)CC2)cc1C. The maximum Gasteiger partial charge on any atom is 0.118 e. The molecule has 0 saturated carbocycles. The number of hydrogen-bond acceptors (Lipinski definition) is 3. The molecule has 0 bridgehead atoms. The Labute approximate surface area is 146 Å². The molecule has 1 saturated heterocycles. The first-order valence-electron chi connectivity index (χ1n) is 8.97. The quantitative estimate of drug-likeness (QED) is 0.827. The molecule has 24 heavy (non-hydrogen) atoms. The van der Waals surface area contributed by atoms with E-state index < -0.39 is 0 Å². The third-order valence-corrected chi connectivity index (χ3v) is 5.01. The Morgan fingerprint density at radius 2 is 1.62 bits per heavy atom. The average Bonchev–Trinajstić information content (AvgIpc) is 3.00. The molecule has 0 atom stereocenters. The van der Waals surface area contributed by atoms with E-state index in [1.807, 2.05) is 0 Å². The fraction of sp³-hybridized carbons (Fsp3) is 0.524. The molecule has 2 aromatic rings. The summed E-state index contributed by atoms with van der Waals surface area (Å²) in [5.74, 6) is 2.16. The van der Waals surface area contributed by atoms with Crippen LogP contribution in [0.25, 0.3) is 0 Å². The van der Waals surface area contributed by atoms with Crippen LogP contribution < -0.4 is 4.90 Å². The third-order valence-electron chi connectivity index (χ3n) is 5.01. The van der Waals surface area contributed by atoms with Gasteiger partial charge >= 0.3 is 0 Å². The zero-order valence-electron chi connectivity index (χ0n) is 15.7. The zero-order chi connectivity index (χ0) is 17.3. The van der Waals surface area contributed by atoms with Crippen LogP contribution >= 0.6 is 0 Å².